The molecular formula is C24H27FN4O2. The lowest BCUT2D eigenvalue weighted by molar-refractivity contribution is 0.173. The van der Waals surface area contributed by atoms with Crippen molar-refractivity contribution in [2.75, 3.05) is 37.6 Å². The molecule has 2 aliphatic heterocycles. The van der Waals surface area contributed by atoms with E-state index in [-0.39, 0.29) is 17.8 Å². The Hall–Kier alpha value is -3.09. The van der Waals surface area contributed by atoms with E-state index in [0.29, 0.717) is 19.0 Å². The van der Waals surface area contributed by atoms with Crippen molar-refractivity contribution in [1.29, 1.82) is 0 Å². The van der Waals surface area contributed by atoms with Crippen molar-refractivity contribution in [2.45, 2.75) is 25.2 Å². The van der Waals surface area contributed by atoms with E-state index < -0.39 is 0 Å². The van der Waals surface area contributed by atoms with E-state index in [1.165, 1.54) is 12.1 Å². The maximum Gasteiger partial charge on any atom is 0.317 e. The lowest BCUT2D eigenvalue weighted by Crippen LogP contribution is -2.46. The second kappa shape index (κ2) is 8.57. The molecule has 3 aromatic rings. The van der Waals surface area contributed by atoms with Crippen LogP contribution in [0.5, 0.6) is 0 Å². The number of rotatable bonds is 4. The largest absolute Gasteiger partial charge is 0.440 e. The first-order chi connectivity index (χ1) is 15.2. The summed E-state index contributed by atoms with van der Waals surface area (Å²) in [6.07, 6.45) is 2.94. The summed E-state index contributed by atoms with van der Waals surface area (Å²) in [6.45, 7) is 3.84. The van der Waals surface area contributed by atoms with Crippen LogP contribution in [0.2, 0.25) is 0 Å². The first-order valence-corrected chi connectivity index (χ1v) is 11.0. The number of hydrogen-bond donors (Lipinski definition) is 1. The van der Waals surface area contributed by atoms with Crippen LogP contribution in [0.1, 0.15) is 31.1 Å². The summed E-state index contributed by atoms with van der Waals surface area (Å²) < 4.78 is 19.1. The Morgan fingerprint density at radius 1 is 1.10 bits per heavy atom. The van der Waals surface area contributed by atoms with Crippen LogP contribution in [0.15, 0.2) is 52.9 Å². The lowest BCUT2D eigenvalue weighted by Gasteiger charge is -2.31. The topological polar surface area (TPSA) is 61.6 Å². The molecule has 2 fully saturated rings. The van der Waals surface area contributed by atoms with Crippen LogP contribution in [-0.2, 0) is 0 Å². The maximum absolute atomic E-state index is 13.1. The van der Waals surface area contributed by atoms with E-state index in [9.17, 15) is 9.18 Å². The Morgan fingerprint density at radius 2 is 1.94 bits per heavy atom. The number of piperidine rings is 1. The van der Waals surface area contributed by atoms with Gasteiger partial charge in [-0.3, -0.25) is 0 Å². The molecule has 1 aromatic heterocycles. The molecule has 2 atom stereocenters. The summed E-state index contributed by atoms with van der Waals surface area (Å²) in [7, 11) is 0. The molecule has 2 aromatic carbocycles. The molecule has 2 aliphatic rings. The molecule has 0 spiro atoms. The smallest absolute Gasteiger partial charge is 0.317 e. The van der Waals surface area contributed by atoms with Gasteiger partial charge >= 0.3 is 6.03 Å². The van der Waals surface area contributed by atoms with Gasteiger partial charge in [0.1, 0.15) is 11.3 Å². The third-order valence-corrected chi connectivity index (χ3v) is 6.39. The first-order valence-electron chi connectivity index (χ1n) is 11.0. The van der Waals surface area contributed by atoms with Crippen molar-refractivity contribution in [2.24, 2.45) is 5.92 Å². The van der Waals surface area contributed by atoms with E-state index in [1.54, 1.807) is 0 Å². The molecule has 2 amide bonds. The van der Waals surface area contributed by atoms with Gasteiger partial charge in [0.05, 0.1) is 5.92 Å². The minimum atomic E-state index is -0.218. The van der Waals surface area contributed by atoms with Crippen LogP contribution in [-0.4, -0.2) is 48.6 Å². The van der Waals surface area contributed by atoms with Crippen LogP contribution in [0.3, 0.4) is 0 Å². The van der Waals surface area contributed by atoms with Crippen LogP contribution in [0, 0.1) is 11.7 Å². The van der Waals surface area contributed by atoms with E-state index in [4.69, 9.17) is 4.42 Å². The number of carbonyl (C=O) groups is 1. The van der Waals surface area contributed by atoms with Gasteiger partial charge in [-0.15, -0.1) is 0 Å². The van der Waals surface area contributed by atoms with Gasteiger partial charge < -0.3 is 19.5 Å². The second-order valence-electron chi connectivity index (χ2n) is 8.57. The molecule has 1 N–H and O–H groups in total. The Bertz CT molecular complexity index is 1020. The molecular weight excluding hydrogens is 395 g/mol. The van der Waals surface area contributed by atoms with Gasteiger partial charge in [-0.2, -0.15) is 0 Å². The fourth-order valence-corrected chi connectivity index (χ4v) is 4.66. The highest BCUT2D eigenvalue weighted by Gasteiger charge is 2.29. The average molecular weight is 423 g/mol. The van der Waals surface area contributed by atoms with Gasteiger partial charge in [-0.05, 0) is 61.6 Å². The minimum absolute atomic E-state index is 0.0129. The third kappa shape index (κ3) is 4.36. The number of oxazole rings is 1. The molecule has 0 bridgehead atoms. The Balaban J connectivity index is 1.14. The molecule has 31 heavy (non-hydrogen) atoms. The first kappa shape index (κ1) is 19.8. The number of carbonyl (C=O) groups excluding carboxylic acids is 1. The van der Waals surface area contributed by atoms with Crippen molar-refractivity contribution in [3.63, 3.8) is 0 Å². The van der Waals surface area contributed by atoms with E-state index in [0.717, 1.165) is 61.6 Å². The molecule has 3 heterocycles. The Labute approximate surface area is 181 Å². The minimum Gasteiger partial charge on any atom is -0.440 e. The number of para-hydroxylation sites is 2. The van der Waals surface area contributed by atoms with Crippen molar-refractivity contribution in [3.05, 3.63) is 60.2 Å². The zero-order valence-corrected chi connectivity index (χ0v) is 17.5. The maximum atomic E-state index is 13.1. The summed E-state index contributed by atoms with van der Waals surface area (Å²) in [4.78, 5) is 21.6. The Morgan fingerprint density at radius 3 is 2.77 bits per heavy atom. The van der Waals surface area contributed by atoms with Gasteiger partial charge in [0.15, 0.2) is 11.5 Å². The number of anilines is 1. The van der Waals surface area contributed by atoms with Crippen molar-refractivity contribution in [3.8, 4) is 0 Å². The molecule has 5 rings (SSSR count). The van der Waals surface area contributed by atoms with Crippen molar-refractivity contribution in [1.82, 2.24) is 15.2 Å². The SMILES string of the molecule is O=C(NCC1CCN(c2ccc(F)cc2)C1)N1CCCC(c2nc3ccccc3o2)C1. The van der Waals surface area contributed by atoms with Crippen molar-refractivity contribution >= 4 is 22.8 Å². The van der Waals surface area contributed by atoms with Gasteiger partial charge in [0.25, 0.3) is 0 Å². The summed E-state index contributed by atoms with van der Waals surface area (Å²) >= 11 is 0. The molecule has 0 radical (unpaired) electrons. The highest BCUT2D eigenvalue weighted by molar-refractivity contribution is 5.74. The highest BCUT2D eigenvalue weighted by Crippen LogP contribution is 2.29. The number of hydrogen-bond acceptors (Lipinski definition) is 4. The number of benzene rings is 2. The Kier molecular flexibility index (Phi) is 5.49. The molecule has 7 heteroatoms. The number of nitrogens with zero attached hydrogens (tertiary/aromatic N) is 3. The zero-order chi connectivity index (χ0) is 21.2. The van der Waals surface area contributed by atoms with Crippen molar-refractivity contribution < 1.29 is 13.6 Å². The number of nitrogens with one attached hydrogen (secondary N) is 1. The molecule has 0 saturated carbocycles. The van der Waals surface area contributed by atoms with Crippen LogP contribution in [0.4, 0.5) is 14.9 Å². The molecule has 2 unspecified atom stereocenters. The third-order valence-electron chi connectivity index (χ3n) is 6.39. The normalized spacial score (nSPS) is 21.6. The van der Waals surface area contributed by atoms with E-state index in [1.807, 2.05) is 41.3 Å². The second-order valence-corrected chi connectivity index (χ2v) is 8.57. The molecule has 162 valence electrons. The monoisotopic (exact) mass is 422 g/mol. The van der Waals surface area contributed by atoms with Gasteiger partial charge in [0, 0.05) is 38.4 Å². The van der Waals surface area contributed by atoms with E-state index in [2.05, 4.69) is 15.2 Å². The summed E-state index contributed by atoms with van der Waals surface area (Å²) in [6, 6.07) is 14.4. The fraction of sp³-hybridized carbons (Fsp3) is 0.417. The summed E-state index contributed by atoms with van der Waals surface area (Å²) in [5.41, 5.74) is 2.70. The highest BCUT2D eigenvalue weighted by atomic mass is 19.1. The molecule has 6 nitrogen and oxygen atoms in total. The average Bonchev–Trinajstić information content (AvgIpc) is 3.45. The quantitative estimate of drug-likeness (QED) is 0.678. The number of amides is 2. The number of halogens is 1. The molecule has 0 aliphatic carbocycles. The van der Waals surface area contributed by atoms with E-state index >= 15 is 0 Å². The van der Waals surface area contributed by atoms with Crippen LogP contribution >= 0.6 is 0 Å². The summed E-state index contributed by atoms with van der Waals surface area (Å²) in [5.74, 6) is 1.04. The molecule has 2 saturated heterocycles. The summed E-state index contributed by atoms with van der Waals surface area (Å²) in [5, 5.41) is 3.12. The predicted octanol–water partition coefficient (Wildman–Crippen LogP) is 4.38. The number of likely N-dealkylation sites (tertiary alicyclic amines) is 1. The predicted molar refractivity (Wildman–Crippen MR) is 118 cm³/mol. The standard InChI is InChI=1S/C24H27FN4O2/c25-19-7-9-20(10-8-19)28-13-11-17(15-28)14-26-24(30)29-12-3-4-18(16-29)23-27-21-5-1-2-6-22(21)31-23/h1-2,5-10,17-18H,3-4,11-16H2,(H,26,30). The lowest BCUT2D eigenvalue weighted by atomic mass is 9.98. The number of fused-ring (bicyclic) bond motifs is 1. The van der Waals surface area contributed by atoms with Crippen LogP contribution < -0.4 is 10.2 Å². The van der Waals surface area contributed by atoms with Gasteiger partial charge in [-0.25, -0.2) is 14.2 Å². The van der Waals surface area contributed by atoms with Crippen LogP contribution in [0.25, 0.3) is 11.1 Å². The number of urea groups is 1. The zero-order valence-electron chi connectivity index (χ0n) is 17.5. The van der Waals surface area contributed by atoms with Gasteiger partial charge in [0.2, 0.25) is 0 Å². The van der Waals surface area contributed by atoms with Gasteiger partial charge in [-0.1, -0.05) is 12.1 Å². The fourth-order valence-electron chi connectivity index (χ4n) is 4.66. The number of aromatic nitrogens is 1.